The van der Waals surface area contributed by atoms with E-state index in [4.69, 9.17) is 4.99 Å². The molecule has 0 radical (unpaired) electrons. The predicted octanol–water partition coefficient (Wildman–Crippen LogP) is 12.7. The van der Waals surface area contributed by atoms with E-state index in [1.54, 1.807) is 0 Å². The molecule has 4 nitrogen and oxygen atoms in total. The fourth-order valence-electron chi connectivity index (χ4n) is 8.55. The van der Waals surface area contributed by atoms with Gasteiger partial charge in [-0.05, 0) is 71.3 Å². The van der Waals surface area contributed by atoms with Crippen LogP contribution in [0.3, 0.4) is 0 Å². The molecule has 1 aliphatic rings. The second-order valence-corrected chi connectivity index (χ2v) is 14.5. The van der Waals surface area contributed by atoms with Gasteiger partial charge in [-0.3, -0.25) is 4.99 Å². The molecule has 10 aromatic rings. The standard InChI is InChI=1S/C52H36N4/c1-3-16-35(17-4-1)37-20-15-21-38(30-37)46-34-47(54-52(53-46)36-18-5-2-6-19-36)39-31-40(55-48-26-11-7-22-42(48)43-23-8-12-27-49(43)55)33-41(32-39)56-50-28-13-9-24-44(50)45-25-10-14-29-51(45)56/h1-34,52,54H. The van der Waals surface area contributed by atoms with Gasteiger partial charge >= 0.3 is 0 Å². The molecule has 0 fully saturated rings. The summed E-state index contributed by atoms with van der Waals surface area (Å²) in [7, 11) is 0. The average Bonchev–Trinajstić information content (AvgIpc) is 3.80. The first-order chi connectivity index (χ1) is 27.8. The Bertz CT molecular complexity index is 2930. The average molecular weight is 717 g/mol. The Morgan fingerprint density at radius 1 is 0.375 bits per heavy atom. The number of hydrogen-bond acceptors (Lipinski definition) is 2. The lowest BCUT2D eigenvalue weighted by Gasteiger charge is -2.26. The van der Waals surface area contributed by atoms with Gasteiger partial charge in [0.15, 0.2) is 0 Å². The van der Waals surface area contributed by atoms with Crippen LogP contribution in [-0.4, -0.2) is 14.8 Å². The van der Waals surface area contributed by atoms with Crippen LogP contribution in [-0.2, 0) is 0 Å². The van der Waals surface area contributed by atoms with Crippen LogP contribution in [0, 0.1) is 0 Å². The number of aromatic nitrogens is 2. The third-order valence-corrected chi connectivity index (χ3v) is 11.1. The third-order valence-electron chi connectivity index (χ3n) is 11.1. The largest absolute Gasteiger partial charge is 0.360 e. The molecule has 0 bridgehead atoms. The van der Waals surface area contributed by atoms with Crippen molar-refractivity contribution < 1.29 is 0 Å². The number of fused-ring (bicyclic) bond motifs is 6. The van der Waals surface area contributed by atoms with Crippen molar-refractivity contribution in [3.63, 3.8) is 0 Å². The molecule has 0 spiro atoms. The zero-order valence-corrected chi connectivity index (χ0v) is 30.5. The Morgan fingerprint density at radius 2 is 0.821 bits per heavy atom. The van der Waals surface area contributed by atoms with Gasteiger partial charge in [-0.2, -0.15) is 0 Å². The van der Waals surface area contributed by atoms with E-state index in [1.165, 1.54) is 49.2 Å². The number of nitrogens with zero attached hydrogens (tertiary/aromatic N) is 3. The summed E-state index contributed by atoms with van der Waals surface area (Å²) in [6.45, 7) is 0. The maximum atomic E-state index is 5.36. The molecule has 1 unspecified atom stereocenters. The molecule has 0 amide bonds. The molecule has 0 saturated carbocycles. The smallest absolute Gasteiger partial charge is 0.145 e. The molecule has 0 aliphatic carbocycles. The van der Waals surface area contributed by atoms with Crippen molar-refractivity contribution in [1.29, 1.82) is 0 Å². The van der Waals surface area contributed by atoms with Gasteiger partial charge in [0.25, 0.3) is 0 Å². The van der Waals surface area contributed by atoms with E-state index in [-0.39, 0.29) is 6.17 Å². The van der Waals surface area contributed by atoms with Crippen LogP contribution in [0.25, 0.3) is 71.8 Å². The van der Waals surface area contributed by atoms with Crippen molar-refractivity contribution in [1.82, 2.24) is 14.5 Å². The van der Waals surface area contributed by atoms with Gasteiger partial charge in [-0.25, -0.2) is 0 Å². The van der Waals surface area contributed by atoms with Crippen LogP contribution in [0.2, 0.25) is 0 Å². The molecule has 56 heavy (non-hydrogen) atoms. The highest BCUT2D eigenvalue weighted by atomic mass is 15.1. The van der Waals surface area contributed by atoms with Crippen molar-refractivity contribution in [3.05, 3.63) is 223 Å². The topological polar surface area (TPSA) is 34.2 Å². The van der Waals surface area contributed by atoms with Gasteiger partial charge in [0.05, 0.1) is 27.8 Å². The summed E-state index contributed by atoms with van der Waals surface area (Å²) < 4.78 is 4.84. The van der Waals surface area contributed by atoms with Crippen LogP contribution < -0.4 is 5.32 Å². The highest BCUT2D eigenvalue weighted by Gasteiger charge is 2.23. The number of rotatable bonds is 6. The van der Waals surface area contributed by atoms with E-state index in [2.05, 4.69) is 221 Å². The predicted molar refractivity (Wildman–Crippen MR) is 234 cm³/mol. The van der Waals surface area contributed by atoms with E-state index in [1.807, 2.05) is 0 Å². The molecule has 11 rings (SSSR count). The van der Waals surface area contributed by atoms with Crippen LogP contribution in [0.15, 0.2) is 211 Å². The Hall–Kier alpha value is -7.43. The summed E-state index contributed by atoms with van der Waals surface area (Å²) >= 11 is 0. The number of para-hydroxylation sites is 4. The van der Waals surface area contributed by atoms with E-state index in [0.717, 1.165) is 45.0 Å². The first-order valence-electron chi connectivity index (χ1n) is 19.2. The van der Waals surface area contributed by atoms with Crippen molar-refractivity contribution >= 4 is 55.0 Å². The minimum atomic E-state index is -0.278. The van der Waals surface area contributed by atoms with Crippen LogP contribution in [0.5, 0.6) is 0 Å². The zero-order chi connectivity index (χ0) is 37.0. The lowest BCUT2D eigenvalue weighted by atomic mass is 9.98. The van der Waals surface area contributed by atoms with Crippen LogP contribution in [0.4, 0.5) is 0 Å². The molecule has 4 heteroatoms. The Morgan fingerprint density at radius 3 is 1.36 bits per heavy atom. The molecule has 264 valence electrons. The Labute approximate surface area is 324 Å². The van der Waals surface area contributed by atoms with Gasteiger partial charge in [0.2, 0.25) is 0 Å². The maximum absolute atomic E-state index is 5.36. The number of nitrogens with one attached hydrogen (secondary N) is 1. The first-order valence-corrected chi connectivity index (χ1v) is 19.2. The van der Waals surface area contributed by atoms with Crippen LogP contribution in [0.1, 0.15) is 22.9 Å². The number of aliphatic imine (C=N–C) groups is 1. The van der Waals surface area contributed by atoms with E-state index < -0.39 is 0 Å². The minimum Gasteiger partial charge on any atom is -0.360 e. The van der Waals surface area contributed by atoms with E-state index >= 15 is 0 Å². The van der Waals surface area contributed by atoms with Crippen molar-refractivity contribution in [2.45, 2.75) is 6.17 Å². The molecular formula is C52H36N4. The molecule has 1 N–H and O–H groups in total. The second-order valence-electron chi connectivity index (χ2n) is 14.5. The maximum Gasteiger partial charge on any atom is 0.145 e. The van der Waals surface area contributed by atoms with E-state index in [0.29, 0.717) is 0 Å². The lowest BCUT2D eigenvalue weighted by molar-refractivity contribution is 0.664. The van der Waals surface area contributed by atoms with Crippen molar-refractivity contribution in [2.75, 3.05) is 0 Å². The van der Waals surface area contributed by atoms with Gasteiger partial charge in [-0.1, -0.05) is 152 Å². The van der Waals surface area contributed by atoms with Crippen molar-refractivity contribution in [2.24, 2.45) is 4.99 Å². The number of hydrogen-bond donors (Lipinski definition) is 1. The zero-order valence-electron chi connectivity index (χ0n) is 30.5. The summed E-state index contributed by atoms with van der Waals surface area (Å²) in [5.74, 6) is 0. The van der Waals surface area contributed by atoms with Crippen molar-refractivity contribution in [3.8, 4) is 22.5 Å². The molecular weight excluding hydrogens is 681 g/mol. The molecule has 3 heterocycles. The second kappa shape index (κ2) is 13.2. The molecule has 1 aliphatic heterocycles. The fourth-order valence-corrected chi connectivity index (χ4v) is 8.55. The Balaban J connectivity index is 1.17. The summed E-state index contributed by atoms with van der Waals surface area (Å²) in [6.07, 6.45) is 1.95. The summed E-state index contributed by atoms with van der Waals surface area (Å²) in [4.78, 5) is 5.36. The van der Waals surface area contributed by atoms with Gasteiger partial charge in [0, 0.05) is 49.7 Å². The molecule has 2 aromatic heterocycles. The summed E-state index contributed by atoms with van der Waals surface area (Å²) in [5, 5.41) is 8.82. The first kappa shape index (κ1) is 32.0. The lowest BCUT2D eigenvalue weighted by Crippen LogP contribution is -2.25. The fraction of sp³-hybridized carbons (Fsp3) is 0.0192. The highest BCUT2D eigenvalue weighted by Crippen LogP contribution is 2.38. The number of benzene rings is 8. The monoisotopic (exact) mass is 716 g/mol. The third kappa shape index (κ3) is 5.34. The minimum absolute atomic E-state index is 0.278. The molecule has 8 aromatic carbocycles. The van der Waals surface area contributed by atoms with Crippen LogP contribution >= 0.6 is 0 Å². The molecule has 1 atom stereocenters. The van der Waals surface area contributed by atoms with Gasteiger partial charge in [-0.15, -0.1) is 0 Å². The van der Waals surface area contributed by atoms with Gasteiger partial charge in [0.1, 0.15) is 6.17 Å². The molecule has 0 saturated heterocycles. The number of allylic oxidation sites excluding steroid dienone is 1. The quantitative estimate of drug-likeness (QED) is 0.183. The normalized spacial score (nSPS) is 14.2. The summed E-state index contributed by atoms with van der Waals surface area (Å²) in [5.41, 5.74) is 14.4. The van der Waals surface area contributed by atoms with E-state index in [9.17, 15) is 0 Å². The Kier molecular flexibility index (Phi) is 7.52. The summed E-state index contributed by atoms with van der Waals surface area (Å²) in [6, 6.07) is 71.8. The highest BCUT2D eigenvalue weighted by molar-refractivity contribution is 6.14. The SMILES string of the molecule is C1=C(c2cc(-n3c4ccccc4c4ccccc43)cc(-n3c4ccccc4c4ccccc43)c2)NC(c2ccccc2)N=C1c1cccc(-c2ccccc2)c1. The van der Waals surface area contributed by atoms with Gasteiger partial charge < -0.3 is 14.5 Å².